The Labute approximate surface area is 130 Å². The van der Waals surface area contributed by atoms with Gasteiger partial charge in [-0.25, -0.2) is 0 Å². The largest absolute Gasteiger partial charge is 0.382 e. The number of aryl methyl sites for hydroxylation is 1. The van der Waals surface area contributed by atoms with Gasteiger partial charge in [0.05, 0.1) is 0 Å². The van der Waals surface area contributed by atoms with Gasteiger partial charge >= 0.3 is 0 Å². The van der Waals surface area contributed by atoms with Crippen LogP contribution in [0.4, 0.5) is 5.69 Å². The number of halogens is 1. The summed E-state index contributed by atoms with van der Waals surface area (Å²) in [6.45, 7) is 6.68. The Kier molecular flexibility index (Phi) is 8.77. The lowest BCUT2D eigenvalue weighted by Crippen LogP contribution is -2.20. The van der Waals surface area contributed by atoms with Crippen LogP contribution in [0, 0.1) is 6.92 Å². The Bertz CT molecular complexity index is 366. The normalized spacial score (nSPS) is 11.1. The standard InChI is InChI=1S/C18H30ClN/c1-4-6-8-10-17(11-9-7-5-2)20-18-14-16(19)13-12-15(18)3/h12-14,17,20H,4-11H2,1-3H3. The van der Waals surface area contributed by atoms with Crippen LogP contribution in [0.2, 0.25) is 5.02 Å². The zero-order chi connectivity index (χ0) is 14.8. The lowest BCUT2D eigenvalue weighted by molar-refractivity contribution is 0.526. The first-order valence-electron chi connectivity index (χ1n) is 8.20. The summed E-state index contributed by atoms with van der Waals surface area (Å²) in [6.07, 6.45) is 10.4. The minimum atomic E-state index is 0.588. The van der Waals surface area contributed by atoms with E-state index < -0.39 is 0 Å². The first-order chi connectivity index (χ1) is 9.67. The number of hydrogen-bond acceptors (Lipinski definition) is 1. The van der Waals surface area contributed by atoms with Crippen molar-refractivity contribution in [3.63, 3.8) is 0 Å². The second kappa shape index (κ2) is 10.1. The molecule has 0 bridgehead atoms. The van der Waals surface area contributed by atoms with Crippen LogP contribution in [-0.2, 0) is 0 Å². The molecule has 0 aromatic heterocycles. The van der Waals surface area contributed by atoms with Gasteiger partial charge < -0.3 is 5.32 Å². The Hall–Kier alpha value is -0.690. The maximum Gasteiger partial charge on any atom is 0.0426 e. The third kappa shape index (κ3) is 6.65. The van der Waals surface area contributed by atoms with Crippen molar-refractivity contribution in [1.82, 2.24) is 0 Å². The monoisotopic (exact) mass is 295 g/mol. The SMILES string of the molecule is CCCCCC(CCCCC)Nc1cc(Cl)ccc1C. The van der Waals surface area contributed by atoms with Gasteiger partial charge in [-0.15, -0.1) is 0 Å². The van der Waals surface area contributed by atoms with Gasteiger partial charge in [0.2, 0.25) is 0 Å². The molecule has 0 atom stereocenters. The Morgan fingerprint density at radius 3 is 2.15 bits per heavy atom. The lowest BCUT2D eigenvalue weighted by atomic mass is 10.0. The van der Waals surface area contributed by atoms with E-state index in [9.17, 15) is 0 Å². The summed E-state index contributed by atoms with van der Waals surface area (Å²) >= 11 is 6.11. The zero-order valence-electron chi connectivity index (χ0n) is 13.3. The van der Waals surface area contributed by atoms with E-state index in [1.54, 1.807) is 0 Å². The van der Waals surface area contributed by atoms with Crippen molar-refractivity contribution in [2.45, 2.75) is 78.2 Å². The van der Waals surface area contributed by atoms with E-state index in [0.29, 0.717) is 6.04 Å². The number of anilines is 1. The Balaban J connectivity index is 2.58. The van der Waals surface area contributed by atoms with Crippen LogP contribution in [0.25, 0.3) is 0 Å². The van der Waals surface area contributed by atoms with Crippen molar-refractivity contribution in [2.75, 3.05) is 5.32 Å². The van der Waals surface area contributed by atoms with Gasteiger partial charge in [-0.05, 0) is 37.5 Å². The summed E-state index contributed by atoms with van der Waals surface area (Å²) in [5, 5.41) is 4.54. The highest BCUT2D eigenvalue weighted by Crippen LogP contribution is 2.23. The number of nitrogens with one attached hydrogen (secondary N) is 1. The highest BCUT2D eigenvalue weighted by Gasteiger charge is 2.10. The van der Waals surface area contributed by atoms with Gasteiger partial charge in [-0.3, -0.25) is 0 Å². The molecule has 1 nitrogen and oxygen atoms in total. The second-order valence-electron chi connectivity index (χ2n) is 5.79. The van der Waals surface area contributed by atoms with Crippen molar-refractivity contribution >= 4 is 17.3 Å². The number of hydrogen-bond donors (Lipinski definition) is 1. The van der Waals surface area contributed by atoms with Gasteiger partial charge in [-0.1, -0.05) is 70.0 Å². The zero-order valence-corrected chi connectivity index (χ0v) is 14.1. The van der Waals surface area contributed by atoms with E-state index in [1.165, 1.54) is 62.6 Å². The molecule has 0 aliphatic rings. The summed E-state index contributed by atoms with van der Waals surface area (Å²) in [6, 6.07) is 6.71. The third-order valence-corrected chi connectivity index (χ3v) is 4.11. The fourth-order valence-electron chi connectivity index (χ4n) is 2.54. The van der Waals surface area contributed by atoms with E-state index in [-0.39, 0.29) is 0 Å². The van der Waals surface area contributed by atoms with Crippen molar-refractivity contribution in [1.29, 1.82) is 0 Å². The average molecular weight is 296 g/mol. The van der Waals surface area contributed by atoms with Crippen molar-refractivity contribution in [3.05, 3.63) is 28.8 Å². The van der Waals surface area contributed by atoms with E-state index in [0.717, 1.165) is 5.02 Å². The van der Waals surface area contributed by atoms with Crippen LogP contribution < -0.4 is 5.32 Å². The molecule has 0 spiro atoms. The summed E-state index contributed by atoms with van der Waals surface area (Å²) < 4.78 is 0. The number of rotatable bonds is 10. The summed E-state index contributed by atoms with van der Waals surface area (Å²) in [5.41, 5.74) is 2.49. The van der Waals surface area contributed by atoms with Crippen LogP contribution in [-0.4, -0.2) is 6.04 Å². The molecule has 20 heavy (non-hydrogen) atoms. The molecule has 0 amide bonds. The molecule has 0 aliphatic carbocycles. The van der Waals surface area contributed by atoms with Crippen molar-refractivity contribution < 1.29 is 0 Å². The van der Waals surface area contributed by atoms with E-state index in [4.69, 9.17) is 11.6 Å². The molecule has 1 N–H and O–H groups in total. The van der Waals surface area contributed by atoms with Gasteiger partial charge in [0.15, 0.2) is 0 Å². The number of unbranched alkanes of at least 4 members (excludes halogenated alkanes) is 4. The molecule has 0 aliphatic heterocycles. The Morgan fingerprint density at radius 1 is 1.00 bits per heavy atom. The van der Waals surface area contributed by atoms with Gasteiger partial charge in [0, 0.05) is 16.8 Å². The quantitative estimate of drug-likeness (QED) is 0.480. The minimum Gasteiger partial charge on any atom is -0.382 e. The molecule has 114 valence electrons. The van der Waals surface area contributed by atoms with E-state index >= 15 is 0 Å². The molecule has 2 heteroatoms. The molecule has 0 heterocycles. The van der Waals surface area contributed by atoms with E-state index in [2.05, 4.69) is 38.2 Å². The first kappa shape index (κ1) is 17.4. The predicted molar refractivity (Wildman–Crippen MR) is 91.9 cm³/mol. The second-order valence-corrected chi connectivity index (χ2v) is 6.23. The summed E-state index contributed by atoms with van der Waals surface area (Å²) in [4.78, 5) is 0. The van der Waals surface area contributed by atoms with Gasteiger partial charge in [0.1, 0.15) is 0 Å². The van der Waals surface area contributed by atoms with Crippen LogP contribution in [0.3, 0.4) is 0 Å². The highest BCUT2D eigenvalue weighted by molar-refractivity contribution is 6.30. The van der Waals surface area contributed by atoms with Crippen LogP contribution >= 0.6 is 11.6 Å². The summed E-state index contributed by atoms with van der Waals surface area (Å²) in [5.74, 6) is 0. The smallest absolute Gasteiger partial charge is 0.0426 e. The molecule has 1 rings (SSSR count). The Morgan fingerprint density at radius 2 is 1.60 bits per heavy atom. The third-order valence-electron chi connectivity index (χ3n) is 3.87. The molecular weight excluding hydrogens is 266 g/mol. The topological polar surface area (TPSA) is 12.0 Å². The predicted octanol–water partition coefficient (Wildman–Crippen LogP) is 6.59. The maximum absolute atomic E-state index is 6.11. The molecule has 0 saturated carbocycles. The minimum absolute atomic E-state index is 0.588. The molecule has 0 saturated heterocycles. The average Bonchev–Trinajstić information content (AvgIpc) is 2.43. The molecule has 1 aromatic rings. The van der Waals surface area contributed by atoms with Crippen molar-refractivity contribution in [3.8, 4) is 0 Å². The van der Waals surface area contributed by atoms with Crippen LogP contribution in [0.15, 0.2) is 18.2 Å². The van der Waals surface area contributed by atoms with Crippen LogP contribution in [0.1, 0.15) is 70.8 Å². The summed E-state index contributed by atoms with van der Waals surface area (Å²) in [7, 11) is 0. The number of benzene rings is 1. The molecule has 0 fully saturated rings. The lowest BCUT2D eigenvalue weighted by Gasteiger charge is -2.21. The van der Waals surface area contributed by atoms with Crippen molar-refractivity contribution in [2.24, 2.45) is 0 Å². The van der Waals surface area contributed by atoms with E-state index in [1.807, 2.05) is 6.07 Å². The van der Waals surface area contributed by atoms with Gasteiger partial charge in [0.25, 0.3) is 0 Å². The molecule has 0 unspecified atom stereocenters. The molecule has 0 radical (unpaired) electrons. The van der Waals surface area contributed by atoms with Gasteiger partial charge in [-0.2, -0.15) is 0 Å². The maximum atomic E-state index is 6.11. The van der Waals surface area contributed by atoms with Crippen LogP contribution in [0.5, 0.6) is 0 Å². The highest BCUT2D eigenvalue weighted by atomic mass is 35.5. The molecular formula is C18H30ClN. The fourth-order valence-corrected chi connectivity index (χ4v) is 2.71. The molecule has 1 aromatic carbocycles. The fraction of sp³-hybridized carbons (Fsp3) is 0.667. The first-order valence-corrected chi connectivity index (χ1v) is 8.57.